The van der Waals surface area contributed by atoms with Crippen LogP contribution in [-0.4, -0.2) is 27.0 Å². The first kappa shape index (κ1) is 17.9. The van der Waals surface area contributed by atoms with E-state index < -0.39 is 0 Å². The fourth-order valence-electron chi connectivity index (χ4n) is 2.77. The van der Waals surface area contributed by atoms with Gasteiger partial charge in [0, 0.05) is 12.2 Å². The van der Waals surface area contributed by atoms with E-state index in [0.717, 1.165) is 23.6 Å². The zero-order valence-corrected chi connectivity index (χ0v) is 16.0. The first-order valence-electron chi connectivity index (χ1n) is 8.48. The van der Waals surface area contributed by atoms with E-state index >= 15 is 0 Å². The molecule has 0 saturated heterocycles. The summed E-state index contributed by atoms with van der Waals surface area (Å²) in [4.78, 5) is 30.6. The molecule has 0 radical (unpaired) electrons. The maximum absolute atomic E-state index is 13.0. The molecule has 6 nitrogen and oxygen atoms in total. The molecule has 27 heavy (non-hydrogen) atoms. The molecule has 0 unspecified atom stereocenters. The minimum absolute atomic E-state index is 0.0628. The van der Waals surface area contributed by atoms with Crippen molar-refractivity contribution < 1.29 is 9.21 Å². The van der Waals surface area contributed by atoms with Crippen LogP contribution in [0.3, 0.4) is 0 Å². The monoisotopic (exact) mass is 399 g/mol. The van der Waals surface area contributed by atoms with Gasteiger partial charge in [-0.3, -0.25) is 14.2 Å². The molecule has 2 aromatic heterocycles. The Balaban J connectivity index is 1.55. The summed E-state index contributed by atoms with van der Waals surface area (Å²) < 4.78 is 6.81. The van der Waals surface area contributed by atoms with Gasteiger partial charge >= 0.3 is 0 Å². The summed E-state index contributed by atoms with van der Waals surface area (Å²) in [5.74, 6) is 1.60. The van der Waals surface area contributed by atoms with Gasteiger partial charge in [-0.25, -0.2) is 4.98 Å². The van der Waals surface area contributed by atoms with Crippen LogP contribution in [0.15, 0.2) is 68.0 Å². The van der Waals surface area contributed by atoms with E-state index in [0.29, 0.717) is 22.4 Å². The standard InChI is InChI=1S/C19H17N3O3S2/c23-16(20-11-14-7-4-9-25-14)12-27-19-21-15-8-10-26-17(15)18(24)22(19)13-5-2-1-3-6-13/h1-7,9H,8,10-12H2,(H,20,23). The molecule has 0 spiro atoms. The average Bonchev–Trinajstić information content (AvgIpc) is 3.37. The number of amides is 1. The van der Waals surface area contributed by atoms with Crippen LogP contribution in [0.5, 0.6) is 0 Å². The van der Waals surface area contributed by atoms with Gasteiger partial charge in [-0.05, 0) is 24.3 Å². The highest BCUT2D eigenvalue weighted by molar-refractivity contribution is 8.00. The molecule has 3 aromatic rings. The Morgan fingerprint density at radius 1 is 1.26 bits per heavy atom. The lowest BCUT2D eigenvalue weighted by molar-refractivity contribution is -0.118. The van der Waals surface area contributed by atoms with Gasteiger partial charge in [0.25, 0.3) is 5.56 Å². The summed E-state index contributed by atoms with van der Waals surface area (Å²) in [6.45, 7) is 0.339. The van der Waals surface area contributed by atoms with Crippen molar-refractivity contribution in [2.75, 3.05) is 11.5 Å². The van der Waals surface area contributed by atoms with Crippen LogP contribution in [0.4, 0.5) is 0 Å². The summed E-state index contributed by atoms with van der Waals surface area (Å²) >= 11 is 2.82. The van der Waals surface area contributed by atoms with Crippen molar-refractivity contribution in [3.63, 3.8) is 0 Å². The Hall–Kier alpha value is -2.45. The predicted octanol–water partition coefficient (Wildman–Crippen LogP) is 2.88. The summed E-state index contributed by atoms with van der Waals surface area (Å²) in [7, 11) is 0. The molecule has 8 heteroatoms. The van der Waals surface area contributed by atoms with Gasteiger partial charge < -0.3 is 9.73 Å². The molecular weight excluding hydrogens is 382 g/mol. The van der Waals surface area contributed by atoms with Crippen molar-refractivity contribution in [3.05, 3.63) is 70.5 Å². The third kappa shape index (κ3) is 3.96. The third-order valence-corrected chi connectivity index (χ3v) is 6.10. The number of carbonyl (C=O) groups is 1. The molecule has 1 amide bonds. The van der Waals surface area contributed by atoms with Crippen LogP contribution in [-0.2, 0) is 17.8 Å². The second kappa shape index (κ2) is 8.06. The van der Waals surface area contributed by atoms with Crippen LogP contribution < -0.4 is 10.9 Å². The lowest BCUT2D eigenvalue weighted by Crippen LogP contribution is -2.27. The number of rotatable bonds is 6. The van der Waals surface area contributed by atoms with Crippen molar-refractivity contribution in [1.82, 2.24) is 14.9 Å². The fraction of sp³-hybridized carbons (Fsp3) is 0.211. The van der Waals surface area contributed by atoms with E-state index in [1.165, 1.54) is 11.8 Å². The summed E-state index contributed by atoms with van der Waals surface area (Å²) in [6.07, 6.45) is 2.35. The number of aromatic nitrogens is 2. The van der Waals surface area contributed by atoms with E-state index in [4.69, 9.17) is 4.42 Å². The number of nitrogens with one attached hydrogen (secondary N) is 1. The van der Waals surface area contributed by atoms with E-state index in [2.05, 4.69) is 10.3 Å². The van der Waals surface area contributed by atoms with Crippen LogP contribution in [0.25, 0.3) is 5.69 Å². The van der Waals surface area contributed by atoms with Gasteiger partial charge in [-0.15, -0.1) is 11.8 Å². The number of para-hydroxylation sites is 1. The predicted molar refractivity (Wildman–Crippen MR) is 106 cm³/mol. The Kier molecular flexibility index (Phi) is 5.35. The summed E-state index contributed by atoms with van der Waals surface area (Å²) in [5.41, 5.74) is 1.52. The van der Waals surface area contributed by atoms with E-state index in [9.17, 15) is 9.59 Å². The Labute approximate surface area is 164 Å². The Morgan fingerprint density at radius 3 is 2.89 bits per heavy atom. The largest absolute Gasteiger partial charge is 0.467 e. The van der Waals surface area contributed by atoms with Crippen LogP contribution in [0, 0.1) is 0 Å². The number of fused-ring (bicyclic) bond motifs is 1. The lowest BCUT2D eigenvalue weighted by atomic mass is 10.3. The molecule has 138 valence electrons. The fourth-order valence-corrected chi connectivity index (χ4v) is 4.66. The molecule has 3 heterocycles. The number of thioether (sulfide) groups is 2. The molecule has 0 bridgehead atoms. The molecule has 0 atom stereocenters. The quantitative estimate of drug-likeness (QED) is 0.507. The molecule has 0 saturated carbocycles. The normalized spacial score (nSPS) is 12.7. The Morgan fingerprint density at radius 2 is 2.11 bits per heavy atom. The number of hydrogen-bond donors (Lipinski definition) is 1. The SMILES string of the molecule is O=C(CSc1nc2c(c(=O)n1-c1ccccc1)SCC2)NCc1ccco1. The number of benzene rings is 1. The van der Waals surface area contributed by atoms with Crippen LogP contribution >= 0.6 is 23.5 Å². The molecule has 4 rings (SSSR count). The van der Waals surface area contributed by atoms with Crippen molar-refractivity contribution in [3.8, 4) is 5.69 Å². The Bertz CT molecular complexity index is 1000. The topological polar surface area (TPSA) is 77.1 Å². The van der Waals surface area contributed by atoms with Gasteiger partial charge in [0.05, 0.1) is 34.8 Å². The van der Waals surface area contributed by atoms with Crippen molar-refractivity contribution >= 4 is 29.4 Å². The third-order valence-electron chi connectivity index (χ3n) is 4.05. The number of aryl methyl sites for hydroxylation is 1. The molecule has 1 aliphatic rings. The highest BCUT2D eigenvalue weighted by Crippen LogP contribution is 2.29. The molecule has 0 fully saturated rings. The van der Waals surface area contributed by atoms with E-state index in [1.807, 2.05) is 30.3 Å². The molecule has 0 aliphatic carbocycles. The smallest absolute Gasteiger partial charge is 0.272 e. The van der Waals surface area contributed by atoms with Crippen LogP contribution in [0.1, 0.15) is 11.5 Å². The molecular formula is C19H17N3O3S2. The van der Waals surface area contributed by atoms with Gasteiger partial charge in [-0.2, -0.15) is 0 Å². The summed E-state index contributed by atoms with van der Waals surface area (Å²) in [6, 6.07) is 13.0. The minimum atomic E-state index is -0.139. The maximum Gasteiger partial charge on any atom is 0.272 e. The molecule has 1 aliphatic heterocycles. The summed E-state index contributed by atoms with van der Waals surface area (Å²) in [5, 5.41) is 3.35. The van der Waals surface area contributed by atoms with Crippen LogP contribution in [0.2, 0.25) is 0 Å². The zero-order valence-electron chi connectivity index (χ0n) is 14.4. The van der Waals surface area contributed by atoms with E-state index in [1.54, 1.807) is 34.7 Å². The van der Waals surface area contributed by atoms with Gasteiger partial charge in [0.1, 0.15) is 5.76 Å². The minimum Gasteiger partial charge on any atom is -0.467 e. The second-order valence-corrected chi connectivity index (χ2v) is 7.94. The average molecular weight is 399 g/mol. The molecule has 1 N–H and O–H groups in total. The lowest BCUT2D eigenvalue weighted by Gasteiger charge is -2.13. The first-order valence-corrected chi connectivity index (χ1v) is 10.5. The van der Waals surface area contributed by atoms with Crippen molar-refractivity contribution in [2.45, 2.75) is 23.0 Å². The highest BCUT2D eigenvalue weighted by Gasteiger charge is 2.22. The van der Waals surface area contributed by atoms with Gasteiger partial charge in [-0.1, -0.05) is 30.0 Å². The number of nitrogens with zero attached hydrogens (tertiary/aromatic N) is 2. The number of carbonyl (C=O) groups excluding carboxylic acids is 1. The van der Waals surface area contributed by atoms with Crippen molar-refractivity contribution in [1.29, 1.82) is 0 Å². The zero-order chi connectivity index (χ0) is 18.6. The number of hydrogen-bond acceptors (Lipinski definition) is 6. The second-order valence-electron chi connectivity index (χ2n) is 5.89. The highest BCUT2D eigenvalue weighted by atomic mass is 32.2. The maximum atomic E-state index is 13.0. The number of furan rings is 1. The van der Waals surface area contributed by atoms with Gasteiger partial charge in [0.15, 0.2) is 5.16 Å². The van der Waals surface area contributed by atoms with E-state index in [-0.39, 0.29) is 17.2 Å². The van der Waals surface area contributed by atoms with Crippen molar-refractivity contribution in [2.24, 2.45) is 0 Å². The van der Waals surface area contributed by atoms with Gasteiger partial charge in [0.2, 0.25) is 5.91 Å². The molecule has 1 aromatic carbocycles. The first-order chi connectivity index (χ1) is 13.2.